The molecule has 2 rings (SSSR count). The molecule has 0 aromatic heterocycles. The van der Waals surface area contributed by atoms with Crippen molar-refractivity contribution in [2.24, 2.45) is 5.92 Å². The summed E-state index contributed by atoms with van der Waals surface area (Å²) in [5.41, 5.74) is 0.562. The maximum atomic E-state index is 12.0. The van der Waals surface area contributed by atoms with Crippen LogP contribution in [-0.2, 0) is 14.3 Å². The molecule has 6 nitrogen and oxygen atoms in total. The molecule has 6 heteroatoms. The average molecular weight is 347 g/mol. The summed E-state index contributed by atoms with van der Waals surface area (Å²) in [5, 5.41) is 2.69. The van der Waals surface area contributed by atoms with Crippen LogP contribution in [-0.4, -0.2) is 31.7 Å². The second kappa shape index (κ2) is 9.71. The minimum atomic E-state index is -0.387. The third-order valence-electron chi connectivity index (χ3n) is 3.73. The molecule has 0 heterocycles. The van der Waals surface area contributed by atoms with Crippen molar-refractivity contribution in [3.05, 3.63) is 30.4 Å². The lowest BCUT2D eigenvalue weighted by atomic mass is 10.1. The van der Waals surface area contributed by atoms with Crippen molar-refractivity contribution in [3.8, 4) is 11.5 Å². The number of rotatable bonds is 9. The maximum Gasteiger partial charge on any atom is 0.306 e. The SMILES string of the molecule is CCOc1ccc(NC(=O)COC(=O)C[C@H]2C=CCC2)cc1OCC. The zero-order chi connectivity index (χ0) is 18.1. The molecule has 0 saturated carbocycles. The van der Waals surface area contributed by atoms with Crippen molar-refractivity contribution < 1.29 is 23.8 Å². The van der Waals surface area contributed by atoms with E-state index >= 15 is 0 Å². The molecule has 1 atom stereocenters. The smallest absolute Gasteiger partial charge is 0.306 e. The minimum Gasteiger partial charge on any atom is -0.490 e. The van der Waals surface area contributed by atoms with Crippen LogP contribution in [0.2, 0.25) is 0 Å². The monoisotopic (exact) mass is 347 g/mol. The highest BCUT2D eigenvalue weighted by atomic mass is 16.5. The molecule has 25 heavy (non-hydrogen) atoms. The Balaban J connectivity index is 1.83. The quantitative estimate of drug-likeness (QED) is 0.548. The van der Waals surface area contributed by atoms with Gasteiger partial charge in [0.15, 0.2) is 18.1 Å². The maximum absolute atomic E-state index is 12.0. The highest BCUT2D eigenvalue weighted by molar-refractivity contribution is 5.93. The molecule has 0 aliphatic heterocycles. The van der Waals surface area contributed by atoms with Crippen LogP contribution in [0.15, 0.2) is 30.4 Å². The normalized spacial score (nSPS) is 15.7. The zero-order valence-corrected chi connectivity index (χ0v) is 14.7. The molecule has 0 spiro atoms. The fourth-order valence-corrected chi connectivity index (χ4v) is 2.61. The second-order valence-electron chi connectivity index (χ2n) is 5.71. The third kappa shape index (κ3) is 6.14. The average Bonchev–Trinajstić information content (AvgIpc) is 3.09. The van der Waals surface area contributed by atoms with Gasteiger partial charge in [0.25, 0.3) is 5.91 Å². The van der Waals surface area contributed by atoms with Crippen molar-refractivity contribution in [1.82, 2.24) is 0 Å². The van der Waals surface area contributed by atoms with Crippen LogP contribution in [0.5, 0.6) is 11.5 Å². The summed E-state index contributed by atoms with van der Waals surface area (Å²) in [4.78, 5) is 23.7. The standard InChI is InChI=1S/C19H25NO5/c1-3-23-16-10-9-15(12-17(16)24-4-2)20-18(21)13-25-19(22)11-14-7-5-6-8-14/h5,7,9-10,12,14H,3-4,6,8,11,13H2,1-2H3,(H,20,21)/t14-/m0/s1. The molecule has 0 unspecified atom stereocenters. The van der Waals surface area contributed by atoms with E-state index in [2.05, 4.69) is 11.4 Å². The molecule has 0 bridgehead atoms. The van der Waals surface area contributed by atoms with E-state index in [1.807, 2.05) is 19.9 Å². The van der Waals surface area contributed by atoms with Gasteiger partial charge in [0.05, 0.1) is 19.6 Å². The van der Waals surface area contributed by atoms with Gasteiger partial charge in [0.1, 0.15) is 0 Å². The molecule has 0 radical (unpaired) electrons. The molecule has 1 aliphatic carbocycles. The summed E-state index contributed by atoms with van der Waals surface area (Å²) in [6, 6.07) is 5.15. The number of esters is 1. The van der Waals surface area contributed by atoms with Crippen LogP contribution in [0.3, 0.4) is 0 Å². The highest BCUT2D eigenvalue weighted by Gasteiger charge is 2.16. The van der Waals surface area contributed by atoms with Crippen molar-refractivity contribution >= 4 is 17.6 Å². The summed E-state index contributed by atoms with van der Waals surface area (Å²) in [6.07, 6.45) is 6.37. The number of anilines is 1. The van der Waals surface area contributed by atoms with Crippen molar-refractivity contribution in [3.63, 3.8) is 0 Å². The predicted molar refractivity (Wildman–Crippen MR) is 94.8 cm³/mol. The van der Waals surface area contributed by atoms with Gasteiger partial charge >= 0.3 is 5.97 Å². The van der Waals surface area contributed by atoms with Crippen LogP contribution in [0.25, 0.3) is 0 Å². The summed E-state index contributed by atoms with van der Waals surface area (Å²) < 4.78 is 16.0. The number of amides is 1. The van der Waals surface area contributed by atoms with Gasteiger partial charge in [-0.15, -0.1) is 0 Å². The number of carbonyl (C=O) groups excluding carboxylic acids is 2. The van der Waals surface area contributed by atoms with E-state index in [-0.39, 0.29) is 24.4 Å². The highest BCUT2D eigenvalue weighted by Crippen LogP contribution is 2.30. The lowest BCUT2D eigenvalue weighted by molar-refractivity contribution is -0.147. The lowest BCUT2D eigenvalue weighted by Gasteiger charge is -2.13. The van der Waals surface area contributed by atoms with Crippen LogP contribution >= 0.6 is 0 Å². The molecule has 136 valence electrons. The van der Waals surface area contributed by atoms with Crippen LogP contribution in [0.4, 0.5) is 5.69 Å². The summed E-state index contributed by atoms with van der Waals surface area (Å²) in [5.74, 6) is 0.677. The van der Waals surface area contributed by atoms with E-state index < -0.39 is 0 Å². The summed E-state index contributed by atoms with van der Waals surface area (Å²) in [7, 11) is 0. The number of ether oxygens (including phenoxy) is 3. The summed E-state index contributed by atoms with van der Waals surface area (Å²) >= 11 is 0. The molecule has 1 aromatic carbocycles. The zero-order valence-electron chi connectivity index (χ0n) is 14.7. The molecular weight excluding hydrogens is 322 g/mol. The van der Waals surface area contributed by atoms with Gasteiger partial charge in [0, 0.05) is 11.8 Å². The molecule has 0 saturated heterocycles. The topological polar surface area (TPSA) is 73.9 Å². The van der Waals surface area contributed by atoms with Crippen molar-refractivity contribution in [2.45, 2.75) is 33.1 Å². The lowest BCUT2D eigenvalue weighted by Crippen LogP contribution is -2.21. The number of hydrogen-bond donors (Lipinski definition) is 1. The largest absolute Gasteiger partial charge is 0.490 e. The van der Waals surface area contributed by atoms with E-state index in [0.717, 1.165) is 12.8 Å². The minimum absolute atomic E-state index is 0.232. The Morgan fingerprint density at radius 3 is 2.60 bits per heavy atom. The number of hydrogen-bond acceptors (Lipinski definition) is 5. The van der Waals surface area contributed by atoms with Gasteiger partial charge < -0.3 is 19.5 Å². The van der Waals surface area contributed by atoms with E-state index in [1.54, 1.807) is 18.2 Å². The van der Waals surface area contributed by atoms with E-state index in [9.17, 15) is 9.59 Å². The first-order valence-corrected chi connectivity index (χ1v) is 8.64. The van der Waals surface area contributed by atoms with E-state index in [0.29, 0.717) is 36.8 Å². The molecular formula is C19H25NO5. The first-order chi connectivity index (χ1) is 12.1. The Bertz CT molecular complexity index is 626. The molecule has 1 amide bonds. The Morgan fingerprint density at radius 1 is 1.16 bits per heavy atom. The van der Waals surface area contributed by atoms with Gasteiger partial charge in [-0.3, -0.25) is 9.59 Å². The van der Waals surface area contributed by atoms with Crippen LogP contribution in [0.1, 0.15) is 33.1 Å². The Hall–Kier alpha value is -2.50. The molecule has 1 aliphatic rings. The van der Waals surface area contributed by atoms with Gasteiger partial charge in [0.2, 0.25) is 0 Å². The molecule has 0 fully saturated rings. The van der Waals surface area contributed by atoms with Crippen molar-refractivity contribution in [1.29, 1.82) is 0 Å². The van der Waals surface area contributed by atoms with Crippen LogP contribution < -0.4 is 14.8 Å². The molecule has 1 aromatic rings. The second-order valence-corrected chi connectivity index (χ2v) is 5.71. The number of allylic oxidation sites excluding steroid dienone is 2. The van der Waals surface area contributed by atoms with Gasteiger partial charge in [-0.05, 0) is 44.7 Å². The van der Waals surface area contributed by atoms with E-state index in [4.69, 9.17) is 14.2 Å². The van der Waals surface area contributed by atoms with Gasteiger partial charge in [-0.1, -0.05) is 12.2 Å². The first-order valence-electron chi connectivity index (χ1n) is 8.64. The fourth-order valence-electron chi connectivity index (χ4n) is 2.61. The van der Waals surface area contributed by atoms with E-state index in [1.165, 1.54) is 0 Å². The van der Waals surface area contributed by atoms with Gasteiger partial charge in [-0.2, -0.15) is 0 Å². The fraction of sp³-hybridized carbons (Fsp3) is 0.474. The Labute approximate surface area is 148 Å². The first kappa shape index (κ1) is 18.8. The Kier molecular flexibility index (Phi) is 7.32. The Morgan fingerprint density at radius 2 is 1.92 bits per heavy atom. The van der Waals surface area contributed by atoms with Crippen molar-refractivity contribution in [2.75, 3.05) is 25.1 Å². The van der Waals surface area contributed by atoms with Crippen LogP contribution in [0, 0.1) is 5.92 Å². The predicted octanol–water partition coefficient (Wildman–Crippen LogP) is 3.32. The number of nitrogens with one attached hydrogen (secondary N) is 1. The summed E-state index contributed by atoms with van der Waals surface area (Å²) in [6.45, 7) is 4.48. The number of benzene rings is 1. The molecule has 1 N–H and O–H groups in total. The van der Waals surface area contributed by atoms with Gasteiger partial charge in [-0.25, -0.2) is 0 Å². The number of carbonyl (C=O) groups is 2. The third-order valence-corrected chi connectivity index (χ3v) is 3.73.